The average molecular weight is 417 g/mol. The number of thiophene rings is 1. The first-order chi connectivity index (χ1) is 9.60. The molecule has 1 heterocycles. The van der Waals surface area contributed by atoms with Crippen molar-refractivity contribution in [3.63, 3.8) is 0 Å². The molecule has 0 fully saturated rings. The van der Waals surface area contributed by atoms with E-state index in [1.165, 1.54) is 4.88 Å². The minimum absolute atomic E-state index is 0.0427. The van der Waals surface area contributed by atoms with Crippen LogP contribution in [0.25, 0.3) is 0 Å². The highest BCUT2D eigenvalue weighted by atomic mass is 79.9. The van der Waals surface area contributed by atoms with Crippen LogP contribution < -0.4 is 5.32 Å². The van der Waals surface area contributed by atoms with Gasteiger partial charge in [0.25, 0.3) is 5.91 Å². The highest BCUT2D eigenvalue weighted by molar-refractivity contribution is 9.11. The molecule has 5 heteroatoms. The Hall–Kier alpha value is -0.650. The van der Waals surface area contributed by atoms with Crippen molar-refractivity contribution in [3.05, 3.63) is 55.1 Å². The maximum absolute atomic E-state index is 12.4. The van der Waals surface area contributed by atoms with Gasteiger partial charge >= 0.3 is 0 Å². The third-order valence-corrected chi connectivity index (χ3v) is 4.80. The van der Waals surface area contributed by atoms with Crippen LogP contribution in [0.5, 0.6) is 0 Å². The molecule has 1 atom stereocenters. The van der Waals surface area contributed by atoms with Crippen LogP contribution >= 0.6 is 43.2 Å². The summed E-state index contributed by atoms with van der Waals surface area (Å²) in [6.07, 6.45) is 1.98. The van der Waals surface area contributed by atoms with Gasteiger partial charge in [-0.05, 0) is 36.1 Å². The number of hydrogen-bond donors (Lipinski definition) is 1. The average Bonchev–Trinajstić information content (AvgIpc) is 2.90. The first-order valence-corrected chi connectivity index (χ1v) is 8.87. The lowest BCUT2D eigenvalue weighted by Gasteiger charge is -2.17. The zero-order valence-corrected chi connectivity index (χ0v) is 15.0. The van der Waals surface area contributed by atoms with Crippen molar-refractivity contribution < 1.29 is 4.79 Å². The summed E-state index contributed by atoms with van der Waals surface area (Å²) in [4.78, 5) is 13.6. The molecule has 0 radical (unpaired) electrons. The van der Waals surface area contributed by atoms with E-state index >= 15 is 0 Å². The maximum atomic E-state index is 12.4. The first-order valence-electron chi connectivity index (χ1n) is 6.40. The van der Waals surface area contributed by atoms with E-state index in [2.05, 4.69) is 50.2 Å². The number of rotatable bonds is 5. The number of carbonyl (C=O) groups excluding carboxylic acids is 1. The third kappa shape index (κ3) is 4.17. The Morgan fingerprint density at radius 2 is 2.00 bits per heavy atom. The molecule has 1 aromatic carbocycles. The van der Waals surface area contributed by atoms with Crippen LogP contribution in [0.15, 0.2) is 44.7 Å². The predicted molar refractivity (Wildman–Crippen MR) is 91.3 cm³/mol. The van der Waals surface area contributed by atoms with E-state index in [9.17, 15) is 4.79 Å². The molecule has 106 valence electrons. The van der Waals surface area contributed by atoms with E-state index in [-0.39, 0.29) is 11.9 Å². The first kappa shape index (κ1) is 15.7. The molecule has 2 nitrogen and oxygen atoms in total. The normalized spacial score (nSPS) is 12.2. The standard InChI is InChI=1S/C15H15Br2NOS/c1-2-4-13(14-5-3-6-20-14)18-15(19)10-7-11(16)9-12(17)8-10/h3,5-9,13H,2,4H2,1H3,(H,18,19). The summed E-state index contributed by atoms with van der Waals surface area (Å²) < 4.78 is 1.78. The molecule has 1 amide bonds. The van der Waals surface area contributed by atoms with Crippen molar-refractivity contribution in [2.24, 2.45) is 0 Å². The Morgan fingerprint density at radius 1 is 1.30 bits per heavy atom. The van der Waals surface area contributed by atoms with Gasteiger partial charge in [-0.15, -0.1) is 11.3 Å². The van der Waals surface area contributed by atoms with Gasteiger partial charge < -0.3 is 5.32 Å². The zero-order valence-electron chi connectivity index (χ0n) is 11.0. The fourth-order valence-electron chi connectivity index (χ4n) is 1.99. The molecular formula is C15H15Br2NOS. The minimum atomic E-state index is -0.0427. The van der Waals surface area contributed by atoms with Crippen LogP contribution in [0.4, 0.5) is 0 Å². The predicted octanol–water partition coefficient (Wildman–Crippen LogP) is 5.54. The lowest BCUT2D eigenvalue weighted by atomic mass is 10.1. The summed E-state index contributed by atoms with van der Waals surface area (Å²) in [5.41, 5.74) is 0.656. The Bertz CT molecular complexity index is 563. The second kappa shape index (κ2) is 7.38. The molecule has 0 bridgehead atoms. The molecule has 0 aliphatic carbocycles. The molecule has 1 N–H and O–H groups in total. The summed E-state index contributed by atoms with van der Waals surface area (Å²) in [7, 11) is 0. The molecule has 0 aliphatic heterocycles. The summed E-state index contributed by atoms with van der Waals surface area (Å²) >= 11 is 8.50. The molecule has 1 aromatic heterocycles. The fraction of sp³-hybridized carbons (Fsp3) is 0.267. The summed E-state index contributed by atoms with van der Waals surface area (Å²) in [5, 5.41) is 5.16. The quantitative estimate of drug-likeness (QED) is 0.680. The number of amides is 1. The van der Waals surface area contributed by atoms with Gasteiger partial charge in [-0.25, -0.2) is 0 Å². The zero-order chi connectivity index (χ0) is 14.5. The topological polar surface area (TPSA) is 29.1 Å². The molecule has 2 rings (SSSR count). The number of carbonyl (C=O) groups is 1. The monoisotopic (exact) mass is 415 g/mol. The fourth-order valence-corrected chi connectivity index (χ4v) is 4.10. The van der Waals surface area contributed by atoms with Gasteiger partial charge in [0.1, 0.15) is 0 Å². The Kier molecular flexibility index (Phi) is 5.81. The molecular weight excluding hydrogens is 402 g/mol. The second-order valence-corrected chi connectivity index (χ2v) is 7.30. The minimum Gasteiger partial charge on any atom is -0.344 e. The Morgan fingerprint density at radius 3 is 2.55 bits per heavy atom. The lowest BCUT2D eigenvalue weighted by Crippen LogP contribution is -2.28. The van der Waals surface area contributed by atoms with E-state index in [1.54, 1.807) is 11.3 Å². The molecule has 1 unspecified atom stereocenters. The van der Waals surface area contributed by atoms with Gasteiger partial charge in [0, 0.05) is 19.4 Å². The van der Waals surface area contributed by atoms with Gasteiger partial charge in [-0.1, -0.05) is 51.3 Å². The SMILES string of the molecule is CCCC(NC(=O)c1cc(Br)cc(Br)c1)c1cccs1. The largest absolute Gasteiger partial charge is 0.344 e. The van der Waals surface area contributed by atoms with Crippen molar-refractivity contribution >= 4 is 49.1 Å². The van der Waals surface area contributed by atoms with Crippen LogP contribution in [0.2, 0.25) is 0 Å². The second-order valence-electron chi connectivity index (χ2n) is 4.49. The Balaban J connectivity index is 2.16. The third-order valence-electron chi connectivity index (χ3n) is 2.89. The van der Waals surface area contributed by atoms with Gasteiger partial charge in [-0.2, -0.15) is 0 Å². The summed E-state index contributed by atoms with van der Waals surface area (Å²) in [6.45, 7) is 2.13. The number of benzene rings is 1. The van der Waals surface area contributed by atoms with E-state index in [4.69, 9.17) is 0 Å². The van der Waals surface area contributed by atoms with Crippen LogP contribution in [0.1, 0.15) is 41.0 Å². The van der Waals surface area contributed by atoms with Crippen molar-refractivity contribution in [1.82, 2.24) is 5.32 Å². The molecule has 20 heavy (non-hydrogen) atoms. The van der Waals surface area contributed by atoms with E-state index in [0.29, 0.717) is 5.56 Å². The summed E-state index contributed by atoms with van der Waals surface area (Å²) in [6, 6.07) is 9.76. The Labute approximate surface area is 139 Å². The number of halogens is 2. The molecule has 2 aromatic rings. The summed E-state index contributed by atoms with van der Waals surface area (Å²) in [5.74, 6) is -0.0427. The maximum Gasteiger partial charge on any atom is 0.251 e. The van der Waals surface area contributed by atoms with Gasteiger partial charge in [0.05, 0.1) is 6.04 Å². The van der Waals surface area contributed by atoms with Gasteiger partial charge in [0.15, 0.2) is 0 Å². The molecule has 0 saturated heterocycles. The number of nitrogens with one attached hydrogen (secondary N) is 1. The van der Waals surface area contributed by atoms with E-state index in [1.807, 2.05) is 29.6 Å². The van der Waals surface area contributed by atoms with Crippen LogP contribution in [0, 0.1) is 0 Å². The highest BCUT2D eigenvalue weighted by Crippen LogP contribution is 2.25. The van der Waals surface area contributed by atoms with Crippen molar-refractivity contribution in [1.29, 1.82) is 0 Å². The van der Waals surface area contributed by atoms with Crippen LogP contribution in [-0.2, 0) is 0 Å². The molecule has 0 saturated carbocycles. The number of hydrogen-bond acceptors (Lipinski definition) is 2. The lowest BCUT2D eigenvalue weighted by molar-refractivity contribution is 0.0935. The van der Waals surface area contributed by atoms with Crippen LogP contribution in [-0.4, -0.2) is 5.91 Å². The van der Waals surface area contributed by atoms with Crippen molar-refractivity contribution in [2.45, 2.75) is 25.8 Å². The van der Waals surface area contributed by atoms with E-state index in [0.717, 1.165) is 21.8 Å². The highest BCUT2D eigenvalue weighted by Gasteiger charge is 2.16. The van der Waals surface area contributed by atoms with Gasteiger partial charge in [0.2, 0.25) is 0 Å². The molecule has 0 spiro atoms. The van der Waals surface area contributed by atoms with Gasteiger partial charge in [-0.3, -0.25) is 4.79 Å². The van der Waals surface area contributed by atoms with E-state index < -0.39 is 0 Å². The molecule has 0 aliphatic rings. The van der Waals surface area contributed by atoms with Crippen molar-refractivity contribution in [3.8, 4) is 0 Å². The van der Waals surface area contributed by atoms with Crippen LogP contribution in [0.3, 0.4) is 0 Å². The van der Waals surface area contributed by atoms with Crippen molar-refractivity contribution in [2.75, 3.05) is 0 Å². The smallest absolute Gasteiger partial charge is 0.251 e.